The Balaban J connectivity index is 0. The van der Waals surface area contributed by atoms with Crippen LogP contribution in [0.15, 0.2) is 0 Å². The topological polar surface area (TPSA) is 63.0 Å². The van der Waals surface area contributed by atoms with E-state index in [4.69, 9.17) is 0 Å². The molecule has 4 heteroatoms. The predicted molar refractivity (Wildman–Crippen MR) is 7.23 cm³/mol. The molecular formula is H4FeO2V. The summed E-state index contributed by atoms with van der Waals surface area (Å²) in [6.07, 6.45) is 0. The maximum Gasteiger partial charge on any atom is 0 e. The Labute approximate surface area is 46.9 Å². The molecule has 1 radical (unpaired) electrons. The van der Waals surface area contributed by atoms with Crippen LogP contribution in [0.5, 0.6) is 0 Å². The predicted octanol–water partition coefficient (Wildman–Crippen LogP) is -1.65. The molecule has 0 bridgehead atoms. The largest absolute Gasteiger partial charge is 0.412 e. The van der Waals surface area contributed by atoms with Crippen molar-refractivity contribution in [3.63, 3.8) is 0 Å². The van der Waals surface area contributed by atoms with Crippen molar-refractivity contribution in [1.29, 1.82) is 0 Å². The Morgan fingerprint density at radius 1 is 0.750 bits per heavy atom. The number of rotatable bonds is 0. The molecule has 0 rings (SSSR count). The first kappa shape index (κ1) is 77.6. The van der Waals surface area contributed by atoms with Crippen LogP contribution < -0.4 is 0 Å². The number of hydrogen-bond donors (Lipinski definition) is 0. The van der Waals surface area contributed by atoms with E-state index in [1.54, 1.807) is 0 Å². The van der Waals surface area contributed by atoms with E-state index in [2.05, 4.69) is 0 Å². The van der Waals surface area contributed by atoms with E-state index in [1.807, 2.05) is 0 Å². The molecule has 0 heterocycles. The van der Waals surface area contributed by atoms with Gasteiger partial charge in [0.2, 0.25) is 0 Å². The Hall–Kier alpha value is 1.02. The first-order valence-corrected chi connectivity index (χ1v) is 0. The van der Waals surface area contributed by atoms with Gasteiger partial charge in [-0.3, -0.25) is 0 Å². The molecule has 0 aromatic heterocycles. The van der Waals surface area contributed by atoms with Crippen molar-refractivity contribution < 1.29 is 46.6 Å². The van der Waals surface area contributed by atoms with Crippen molar-refractivity contribution in [2.24, 2.45) is 0 Å². The van der Waals surface area contributed by atoms with Crippen molar-refractivity contribution in [3.05, 3.63) is 0 Å². The average Bonchev–Trinajstić information content (AvgIpc) is 0. The zero-order chi connectivity index (χ0) is 0. The zero-order valence-electron chi connectivity index (χ0n) is 1.80. The first-order chi connectivity index (χ1) is 0. The molecular weight excluding hydrogens is 139 g/mol. The third-order valence-corrected chi connectivity index (χ3v) is 0. The van der Waals surface area contributed by atoms with E-state index in [0.29, 0.717) is 0 Å². The third-order valence-electron chi connectivity index (χ3n) is 0. The van der Waals surface area contributed by atoms with E-state index in [-0.39, 0.29) is 46.6 Å². The van der Waals surface area contributed by atoms with Crippen LogP contribution in [-0.2, 0) is 35.6 Å². The van der Waals surface area contributed by atoms with Crippen molar-refractivity contribution in [2.45, 2.75) is 0 Å². The van der Waals surface area contributed by atoms with Crippen LogP contribution in [0, 0.1) is 0 Å². The van der Waals surface area contributed by atoms with Gasteiger partial charge in [-0.1, -0.05) is 0 Å². The molecule has 0 atom stereocenters. The molecule has 2 nitrogen and oxygen atoms in total. The molecule has 0 aliphatic carbocycles. The van der Waals surface area contributed by atoms with Crippen LogP contribution in [0.2, 0.25) is 0 Å². The van der Waals surface area contributed by atoms with Crippen LogP contribution in [0.1, 0.15) is 0 Å². The van der Waals surface area contributed by atoms with Crippen molar-refractivity contribution in [3.8, 4) is 0 Å². The molecule has 0 spiro atoms. The number of hydrogen-bond acceptors (Lipinski definition) is 0. The van der Waals surface area contributed by atoms with Gasteiger partial charge in [0.1, 0.15) is 0 Å². The summed E-state index contributed by atoms with van der Waals surface area (Å²) in [6, 6.07) is 0. The van der Waals surface area contributed by atoms with E-state index in [1.165, 1.54) is 0 Å². The van der Waals surface area contributed by atoms with Crippen LogP contribution in [0.4, 0.5) is 0 Å². The average molecular weight is 143 g/mol. The second kappa shape index (κ2) is 35.1. The Kier molecular flexibility index (Phi) is 681. The molecule has 0 aliphatic heterocycles. The van der Waals surface area contributed by atoms with Crippen molar-refractivity contribution in [2.75, 3.05) is 0 Å². The zero-order valence-corrected chi connectivity index (χ0v) is 4.30. The van der Waals surface area contributed by atoms with Crippen LogP contribution in [0.25, 0.3) is 0 Å². The molecule has 0 amide bonds. The fourth-order valence-corrected chi connectivity index (χ4v) is 0. The van der Waals surface area contributed by atoms with E-state index in [0.717, 1.165) is 0 Å². The molecule has 0 saturated carbocycles. The van der Waals surface area contributed by atoms with Gasteiger partial charge in [0.25, 0.3) is 0 Å². The molecule has 0 fully saturated rings. The molecule has 0 aromatic rings. The van der Waals surface area contributed by atoms with Gasteiger partial charge in [-0.2, -0.15) is 0 Å². The summed E-state index contributed by atoms with van der Waals surface area (Å²) in [7, 11) is 0. The minimum Gasteiger partial charge on any atom is -0.412 e. The van der Waals surface area contributed by atoms with E-state index < -0.39 is 0 Å². The van der Waals surface area contributed by atoms with E-state index >= 15 is 0 Å². The molecule has 0 saturated heterocycles. The first-order valence-electron chi connectivity index (χ1n) is 0. The smallest absolute Gasteiger partial charge is 0 e. The van der Waals surface area contributed by atoms with Crippen molar-refractivity contribution >= 4 is 0 Å². The maximum atomic E-state index is 0. The van der Waals surface area contributed by atoms with Gasteiger partial charge in [-0.25, -0.2) is 0 Å². The minimum absolute atomic E-state index is 0. The minimum atomic E-state index is 0. The van der Waals surface area contributed by atoms with Gasteiger partial charge in [0.05, 0.1) is 0 Å². The Morgan fingerprint density at radius 3 is 0.750 bits per heavy atom. The normalized spacial score (nSPS) is 0. The molecule has 0 aromatic carbocycles. The molecule has 4 N–H and O–H groups in total. The summed E-state index contributed by atoms with van der Waals surface area (Å²) in [5, 5.41) is 0. The van der Waals surface area contributed by atoms with E-state index in [9.17, 15) is 0 Å². The van der Waals surface area contributed by atoms with Crippen LogP contribution in [0.3, 0.4) is 0 Å². The van der Waals surface area contributed by atoms with Gasteiger partial charge in [-0.05, 0) is 0 Å². The molecule has 0 aliphatic rings. The summed E-state index contributed by atoms with van der Waals surface area (Å²) in [6.45, 7) is 0. The Morgan fingerprint density at radius 2 is 0.750 bits per heavy atom. The van der Waals surface area contributed by atoms with Crippen LogP contribution >= 0.6 is 0 Å². The van der Waals surface area contributed by atoms with Gasteiger partial charge < -0.3 is 11.0 Å². The summed E-state index contributed by atoms with van der Waals surface area (Å²) >= 11 is 0. The van der Waals surface area contributed by atoms with Gasteiger partial charge in [-0.15, -0.1) is 0 Å². The third kappa shape index (κ3) is 11.8. The fraction of sp³-hybridized carbons (Fsp3) is 0. The maximum absolute atomic E-state index is 0. The standard InChI is InChI=1S/Fe.2H2O.V/h;2*1H2;. The van der Waals surface area contributed by atoms with Gasteiger partial charge in [0, 0.05) is 35.6 Å². The van der Waals surface area contributed by atoms with Gasteiger partial charge >= 0.3 is 0 Å². The van der Waals surface area contributed by atoms with Gasteiger partial charge in [0.15, 0.2) is 0 Å². The SMILES string of the molecule is O.O.[Fe].[V]. The summed E-state index contributed by atoms with van der Waals surface area (Å²) < 4.78 is 0. The van der Waals surface area contributed by atoms with Crippen molar-refractivity contribution in [1.82, 2.24) is 0 Å². The second-order valence-corrected chi connectivity index (χ2v) is 0. The molecule has 0 unspecified atom stereocenters. The quantitative estimate of drug-likeness (QED) is 0.364. The summed E-state index contributed by atoms with van der Waals surface area (Å²) in [5.74, 6) is 0. The fourth-order valence-electron chi connectivity index (χ4n) is 0. The molecule has 29 valence electrons. The Bertz CT molecular complexity index is 6.00. The summed E-state index contributed by atoms with van der Waals surface area (Å²) in [5.41, 5.74) is 0. The molecule has 4 heavy (non-hydrogen) atoms. The second-order valence-electron chi connectivity index (χ2n) is 0. The van der Waals surface area contributed by atoms with Crippen LogP contribution in [-0.4, -0.2) is 11.0 Å². The monoisotopic (exact) mass is 143 g/mol. The summed E-state index contributed by atoms with van der Waals surface area (Å²) in [4.78, 5) is 0.